The number of likely N-dealkylation sites (tertiary alicyclic amines) is 1. The Labute approximate surface area is 276 Å². The largest absolute Gasteiger partial charge is 0.460 e. The predicted molar refractivity (Wildman–Crippen MR) is 171 cm³/mol. The van der Waals surface area contributed by atoms with Crippen LogP contribution >= 0.6 is 15.9 Å². The third-order valence-electron chi connectivity index (χ3n) is 8.97. The Morgan fingerprint density at radius 1 is 1.28 bits per heavy atom. The first kappa shape index (κ1) is 33.7. The summed E-state index contributed by atoms with van der Waals surface area (Å²) in [7, 11) is 0. The summed E-state index contributed by atoms with van der Waals surface area (Å²) in [5, 5.41) is 20.7. The number of carbonyl (C=O) groups excluding carboxylic acids is 4. The topological polar surface area (TPSA) is 156 Å². The van der Waals surface area contributed by atoms with Crippen molar-refractivity contribution in [1.82, 2.24) is 30.1 Å². The Balaban J connectivity index is 1.41. The third-order valence-corrected chi connectivity index (χ3v) is 9.81. The first-order valence-electron chi connectivity index (χ1n) is 15.7. The van der Waals surface area contributed by atoms with E-state index < -0.39 is 41.7 Å². The fraction of sp³-hybridized carbons (Fsp3) is 0.562. The zero-order valence-electron chi connectivity index (χ0n) is 25.9. The molecule has 46 heavy (non-hydrogen) atoms. The number of aliphatic hydroxyl groups is 1. The second-order valence-electron chi connectivity index (χ2n) is 12.1. The summed E-state index contributed by atoms with van der Waals surface area (Å²) in [6.07, 6.45) is 3.99. The van der Waals surface area contributed by atoms with Crippen molar-refractivity contribution in [3.63, 3.8) is 0 Å². The molecule has 3 amide bonds. The second kappa shape index (κ2) is 14.4. The monoisotopic (exact) mass is 700 g/mol. The summed E-state index contributed by atoms with van der Waals surface area (Å²) in [5.74, 6) is -3.38. The molecular formula is C32H41BrN6O7. The molecule has 1 aromatic carbocycles. The van der Waals surface area contributed by atoms with Crippen LogP contribution < -0.4 is 5.32 Å². The summed E-state index contributed by atoms with van der Waals surface area (Å²) in [6, 6.07) is 6.39. The van der Waals surface area contributed by atoms with Crippen LogP contribution in [0.5, 0.6) is 0 Å². The molecule has 248 valence electrons. The van der Waals surface area contributed by atoms with E-state index in [-0.39, 0.29) is 61.9 Å². The first-order chi connectivity index (χ1) is 22.2. The number of allylic oxidation sites excluding steroid dienone is 1. The number of aliphatic hydroxyl groups excluding tert-OH is 1. The molecule has 1 aromatic heterocycles. The van der Waals surface area contributed by atoms with Crippen molar-refractivity contribution in [2.24, 2.45) is 11.8 Å². The highest BCUT2D eigenvalue weighted by Crippen LogP contribution is 2.60. The Bertz CT molecular complexity index is 1480. The van der Waals surface area contributed by atoms with Crippen molar-refractivity contribution in [1.29, 1.82) is 0 Å². The number of ether oxygens (including phenoxy) is 2. The van der Waals surface area contributed by atoms with Crippen LogP contribution in [-0.4, -0.2) is 109 Å². The number of amides is 3. The van der Waals surface area contributed by atoms with Crippen molar-refractivity contribution in [3.8, 4) is 0 Å². The average Bonchev–Trinajstić information content (AvgIpc) is 3.76. The lowest BCUT2D eigenvalue weighted by Gasteiger charge is -2.37. The fourth-order valence-corrected chi connectivity index (χ4v) is 7.88. The van der Waals surface area contributed by atoms with Crippen LogP contribution in [0.15, 0.2) is 49.6 Å². The van der Waals surface area contributed by atoms with Crippen LogP contribution in [0, 0.1) is 11.8 Å². The summed E-state index contributed by atoms with van der Waals surface area (Å²) in [6.45, 7) is 9.63. The third kappa shape index (κ3) is 6.34. The Morgan fingerprint density at radius 2 is 2.07 bits per heavy atom. The summed E-state index contributed by atoms with van der Waals surface area (Å²) in [4.78, 5) is 57.4. The Morgan fingerprint density at radius 3 is 2.80 bits per heavy atom. The first-order valence-corrected chi connectivity index (χ1v) is 16.6. The van der Waals surface area contributed by atoms with Gasteiger partial charge in [0, 0.05) is 30.9 Å². The van der Waals surface area contributed by atoms with Gasteiger partial charge >= 0.3 is 5.97 Å². The molecule has 2 N–H and O–H groups in total. The lowest BCUT2D eigenvalue weighted by molar-refractivity contribution is -0.159. The van der Waals surface area contributed by atoms with Crippen LogP contribution in [0.3, 0.4) is 0 Å². The van der Waals surface area contributed by atoms with E-state index >= 15 is 0 Å². The molecule has 3 saturated heterocycles. The normalized spacial score (nSPS) is 27.0. The maximum absolute atomic E-state index is 14.6. The molecule has 7 atom stereocenters. The second-order valence-corrected chi connectivity index (χ2v) is 13.2. The van der Waals surface area contributed by atoms with Crippen LogP contribution in [0.2, 0.25) is 0 Å². The molecule has 1 spiro atoms. The number of unbranched alkanes of at least 4 members (excludes halogenated alkanes) is 1. The van der Waals surface area contributed by atoms with Gasteiger partial charge in [-0.2, -0.15) is 0 Å². The van der Waals surface area contributed by atoms with Gasteiger partial charge in [0.25, 0.3) is 0 Å². The fourth-order valence-electron chi connectivity index (χ4n) is 6.94. The number of para-hydroxylation sites is 1. The van der Waals surface area contributed by atoms with Crippen molar-refractivity contribution in [3.05, 3.63) is 49.6 Å². The van der Waals surface area contributed by atoms with Crippen molar-refractivity contribution >= 4 is 50.7 Å². The maximum atomic E-state index is 14.6. The molecule has 2 bridgehead atoms. The number of nitrogens with zero attached hydrogens (tertiary/aromatic N) is 5. The number of esters is 1. The van der Waals surface area contributed by atoms with Crippen LogP contribution in [0.25, 0.3) is 11.0 Å². The molecule has 0 saturated carbocycles. The van der Waals surface area contributed by atoms with E-state index in [0.29, 0.717) is 31.2 Å². The summed E-state index contributed by atoms with van der Waals surface area (Å²) >= 11 is 3.68. The quantitative estimate of drug-likeness (QED) is 0.116. The molecule has 0 aliphatic carbocycles. The van der Waals surface area contributed by atoms with Crippen LogP contribution in [0.4, 0.5) is 0 Å². The van der Waals surface area contributed by atoms with E-state index in [2.05, 4.69) is 44.7 Å². The Hall–Kier alpha value is -3.62. The number of hydrogen-bond donors (Lipinski definition) is 2. The van der Waals surface area contributed by atoms with Gasteiger partial charge in [0.1, 0.15) is 29.9 Å². The SMILES string of the molecule is C=CCCC(=O)NC[C@@H](C)OC(=O)[C@@H]1[C@H]2O[C@@]3(CC2Br)[C@H](C(=O)N(CC=C)Cn2nnc4ccccc42)N(CCCCO)C(=O)[C@@H]13. The van der Waals surface area contributed by atoms with Gasteiger partial charge in [0.05, 0.1) is 30.0 Å². The molecule has 13 nitrogen and oxygen atoms in total. The van der Waals surface area contributed by atoms with Gasteiger partial charge in [0.2, 0.25) is 17.7 Å². The number of carbonyl (C=O) groups is 4. The highest BCUT2D eigenvalue weighted by Gasteiger charge is 2.77. The molecule has 3 aliphatic heterocycles. The smallest absolute Gasteiger partial charge is 0.312 e. The molecule has 3 aliphatic rings. The number of fused-ring (bicyclic) bond motifs is 2. The number of nitrogens with one attached hydrogen (secondary N) is 1. The molecule has 2 aromatic rings. The number of benzene rings is 1. The van der Waals surface area contributed by atoms with E-state index in [1.165, 1.54) is 4.90 Å². The Kier molecular flexibility index (Phi) is 10.6. The minimum absolute atomic E-state index is 0.0593. The predicted octanol–water partition coefficient (Wildman–Crippen LogP) is 1.94. The number of halogens is 1. The highest BCUT2D eigenvalue weighted by molar-refractivity contribution is 9.09. The lowest BCUT2D eigenvalue weighted by Crippen LogP contribution is -2.57. The van der Waals surface area contributed by atoms with E-state index in [9.17, 15) is 24.3 Å². The number of aromatic nitrogens is 3. The molecule has 5 rings (SSSR count). The zero-order valence-corrected chi connectivity index (χ0v) is 27.5. The minimum atomic E-state index is -1.28. The molecule has 3 fully saturated rings. The van der Waals surface area contributed by atoms with E-state index in [1.54, 1.807) is 28.7 Å². The van der Waals surface area contributed by atoms with Crippen molar-refractivity contribution in [2.45, 2.75) is 74.4 Å². The zero-order chi connectivity index (χ0) is 33.0. The van der Waals surface area contributed by atoms with Gasteiger partial charge in [-0.3, -0.25) is 19.2 Å². The molecule has 1 unspecified atom stereocenters. The molecular weight excluding hydrogens is 660 g/mol. The molecule has 4 heterocycles. The maximum Gasteiger partial charge on any atom is 0.312 e. The van der Waals surface area contributed by atoms with Gasteiger partial charge in [-0.25, -0.2) is 4.68 Å². The van der Waals surface area contributed by atoms with E-state index in [0.717, 1.165) is 5.52 Å². The van der Waals surface area contributed by atoms with Crippen LogP contribution in [0.1, 0.15) is 39.0 Å². The average molecular weight is 702 g/mol. The number of hydrogen-bond acceptors (Lipinski definition) is 9. The molecule has 0 radical (unpaired) electrons. The van der Waals surface area contributed by atoms with E-state index in [1.807, 2.05) is 24.3 Å². The summed E-state index contributed by atoms with van der Waals surface area (Å²) in [5.41, 5.74) is 0.151. The van der Waals surface area contributed by atoms with Gasteiger partial charge in [0.15, 0.2) is 0 Å². The van der Waals surface area contributed by atoms with E-state index in [4.69, 9.17) is 9.47 Å². The standard InChI is InChI=1S/C32H41BrN6O7/c1-4-6-13-24(41)34-18-20(3)45-31(44)25-26-29(42)38(15-9-10-16-40)28(32(26)17-21(33)27(25)46-32)30(43)37(14-5-2)19-39-23-12-8-7-11-22(23)35-36-39/h4-5,7-8,11-12,20-21,25-28,40H,1-2,6,9-10,13-19H2,3H3,(H,34,41)/t20-,21?,25+,26-,27+,28+,32-/m1/s1. The highest BCUT2D eigenvalue weighted by atomic mass is 79.9. The van der Waals surface area contributed by atoms with Gasteiger partial charge in [-0.15, -0.1) is 18.3 Å². The lowest BCUT2D eigenvalue weighted by atomic mass is 9.70. The van der Waals surface area contributed by atoms with Crippen LogP contribution in [-0.2, 0) is 35.3 Å². The van der Waals surface area contributed by atoms with Crippen molar-refractivity contribution < 1.29 is 33.8 Å². The van der Waals surface area contributed by atoms with Crippen molar-refractivity contribution in [2.75, 3.05) is 26.2 Å². The summed E-state index contributed by atoms with van der Waals surface area (Å²) < 4.78 is 14.0. The number of alkyl halides is 1. The number of rotatable bonds is 16. The van der Waals surface area contributed by atoms with Gasteiger partial charge in [-0.1, -0.05) is 45.4 Å². The molecule has 14 heteroatoms. The minimum Gasteiger partial charge on any atom is -0.460 e. The van der Waals surface area contributed by atoms with Gasteiger partial charge in [-0.05, 0) is 44.7 Å². The van der Waals surface area contributed by atoms with Gasteiger partial charge < -0.3 is 29.7 Å².